The maximum absolute atomic E-state index is 11.4. The van der Waals surface area contributed by atoms with Crippen LogP contribution in [0, 0.1) is 0 Å². The van der Waals surface area contributed by atoms with Crippen LogP contribution in [0.3, 0.4) is 0 Å². The Hall–Kier alpha value is -3.44. The summed E-state index contributed by atoms with van der Waals surface area (Å²) < 4.78 is 0. The van der Waals surface area contributed by atoms with Crippen LogP contribution in [0.5, 0.6) is 0 Å². The van der Waals surface area contributed by atoms with Gasteiger partial charge in [-0.25, -0.2) is 0 Å². The summed E-state index contributed by atoms with van der Waals surface area (Å²) in [4.78, 5) is 20.4. The molecule has 0 saturated heterocycles. The van der Waals surface area contributed by atoms with E-state index < -0.39 is 0 Å². The van der Waals surface area contributed by atoms with Crippen molar-refractivity contribution < 1.29 is 4.79 Å². The predicted molar refractivity (Wildman–Crippen MR) is 138 cm³/mol. The van der Waals surface area contributed by atoms with Crippen LogP contribution >= 0.6 is 11.8 Å². The van der Waals surface area contributed by atoms with Gasteiger partial charge >= 0.3 is 0 Å². The first kappa shape index (κ1) is 23.2. The van der Waals surface area contributed by atoms with Gasteiger partial charge in [0.25, 0.3) is 0 Å². The molecule has 0 saturated carbocycles. The number of para-hydroxylation sites is 1. The molecule has 0 fully saturated rings. The van der Waals surface area contributed by atoms with Crippen molar-refractivity contribution in [1.29, 1.82) is 0 Å². The number of pyridine rings is 1. The van der Waals surface area contributed by atoms with E-state index in [4.69, 9.17) is 0 Å². The minimum Gasteiger partial charge on any atom is -0.387 e. The molecule has 32 heavy (non-hydrogen) atoms. The normalized spacial score (nSPS) is 13.3. The minimum absolute atomic E-state index is 0.658. The van der Waals surface area contributed by atoms with E-state index in [9.17, 15) is 4.79 Å². The quantitative estimate of drug-likeness (QED) is 0.255. The Morgan fingerprint density at radius 3 is 2.66 bits per heavy atom. The van der Waals surface area contributed by atoms with E-state index in [1.54, 1.807) is 0 Å². The van der Waals surface area contributed by atoms with Gasteiger partial charge in [-0.15, -0.1) is 11.8 Å². The molecule has 1 N–H and O–H groups in total. The lowest BCUT2D eigenvalue weighted by atomic mass is 10.0. The number of fused-ring (bicyclic) bond motifs is 1. The largest absolute Gasteiger partial charge is 0.387 e. The number of allylic oxidation sites excluding steroid dienone is 5. The standard InChI is InChI=1S/C17H17NOS.C10H10N2/c1-18-17(15-10-6-3-7-11-15)16(12-19)20-13-14-8-4-2-5-9-14;1-11-9-6-8-4-2-3-5-10(8)12-7-9/h2-6,8-10,12H,1,7,11,13H2;2-7,11H,1H3/b17-16-;. The van der Waals surface area contributed by atoms with Crippen molar-refractivity contribution in [2.75, 3.05) is 12.4 Å². The van der Waals surface area contributed by atoms with E-state index in [1.807, 2.05) is 61.8 Å². The van der Waals surface area contributed by atoms with E-state index in [2.05, 4.69) is 52.4 Å². The molecule has 0 spiro atoms. The third-order valence-electron chi connectivity index (χ3n) is 4.93. The summed E-state index contributed by atoms with van der Waals surface area (Å²) in [5.74, 6) is 0.761. The van der Waals surface area contributed by atoms with E-state index in [0.717, 1.165) is 47.4 Å². The van der Waals surface area contributed by atoms with Crippen LogP contribution in [-0.2, 0) is 10.5 Å². The summed E-state index contributed by atoms with van der Waals surface area (Å²) in [5, 5.41) is 4.23. The Morgan fingerprint density at radius 2 is 1.97 bits per heavy atom. The number of nitrogens with one attached hydrogen (secondary N) is 1. The predicted octanol–water partition coefficient (Wildman–Crippen LogP) is 6.58. The number of aldehydes is 1. The molecule has 3 aromatic rings. The van der Waals surface area contributed by atoms with Crippen LogP contribution in [0.2, 0.25) is 0 Å². The number of rotatable bonds is 7. The molecule has 1 heterocycles. The zero-order chi connectivity index (χ0) is 22.6. The third-order valence-corrected chi connectivity index (χ3v) is 6.01. The smallest absolute Gasteiger partial charge is 0.158 e. The molecule has 0 radical (unpaired) electrons. The second-order valence-electron chi connectivity index (χ2n) is 7.09. The highest BCUT2D eigenvalue weighted by atomic mass is 32.2. The number of nitrogens with zero attached hydrogens (tertiary/aromatic N) is 2. The number of aliphatic imine (C=N–C) groups is 1. The summed E-state index contributed by atoms with van der Waals surface area (Å²) >= 11 is 1.51. The molecule has 162 valence electrons. The Kier molecular flexibility index (Phi) is 9.02. The average molecular weight is 442 g/mol. The zero-order valence-electron chi connectivity index (χ0n) is 18.2. The van der Waals surface area contributed by atoms with Crippen molar-refractivity contribution in [2.45, 2.75) is 18.6 Å². The average Bonchev–Trinajstić information content (AvgIpc) is 2.87. The van der Waals surface area contributed by atoms with Crippen molar-refractivity contribution in [3.63, 3.8) is 0 Å². The van der Waals surface area contributed by atoms with Crippen molar-refractivity contribution in [1.82, 2.24) is 4.98 Å². The van der Waals surface area contributed by atoms with Crippen LogP contribution < -0.4 is 5.32 Å². The second kappa shape index (κ2) is 12.4. The van der Waals surface area contributed by atoms with Gasteiger partial charge in [0, 0.05) is 18.2 Å². The molecule has 5 heteroatoms. The zero-order valence-corrected chi connectivity index (χ0v) is 19.0. The maximum atomic E-state index is 11.4. The summed E-state index contributed by atoms with van der Waals surface area (Å²) in [6.07, 6.45) is 10.8. The molecule has 1 aromatic heterocycles. The van der Waals surface area contributed by atoms with Gasteiger partial charge < -0.3 is 5.32 Å². The molecule has 2 aromatic carbocycles. The molecular formula is C27H27N3OS. The fraction of sp³-hybridized carbons (Fsp3) is 0.148. The topological polar surface area (TPSA) is 54.4 Å². The number of benzene rings is 2. The Bertz CT molecular complexity index is 1150. The maximum Gasteiger partial charge on any atom is 0.158 e. The molecule has 0 unspecified atom stereocenters. The third kappa shape index (κ3) is 6.53. The number of hydrogen-bond acceptors (Lipinski definition) is 5. The summed E-state index contributed by atoms with van der Waals surface area (Å²) in [6.45, 7) is 3.62. The monoisotopic (exact) mass is 441 g/mol. The van der Waals surface area contributed by atoms with Crippen molar-refractivity contribution in [2.24, 2.45) is 4.99 Å². The summed E-state index contributed by atoms with van der Waals surface area (Å²) in [7, 11) is 1.89. The van der Waals surface area contributed by atoms with Gasteiger partial charge in [0.15, 0.2) is 6.29 Å². The fourth-order valence-electron chi connectivity index (χ4n) is 3.24. The van der Waals surface area contributed by atoms with Gasteiger partial charge in [0.05, 0.1) is 28.0 Å². The highest BCUT2D eigenvalue weighted by Crippen LogP contribution is 2.30. The first-order chi connectivity index (χ1) is 15.7. The molecule has 4 nitrogen and oxygen atoms in total. The van der Waals surface area contributed by atoms with Crippen LogP contribution in [0.25, 0.3) is 10.9 Å². The van der Waals surface area contributed by atoms with Crippen LogP contribution in [-0.4, -0.2) is 25.0 Å². The molecule has 4 rings (SSSR count). The number of carbonyl (C=O) groups excluding carboxylic acids is 1. The molecular weight excluding hydrogens is 414 g/mol. The van der Waals surface area contributed by atoms with Gasteiger partial charge in [-0.1, -0.05) is 66.8 Å². The SMILES string of the molecule is C=N/C(C1=CC=CCC1)=C(/C=O)SCc1ccccc1.CNc1cnc2ccccc2c1. The summed E-state index contributed by atoms with van der Waals surface area (Å²) in [6, 6.07) is 20.3. The van der Waals surface area contributed by atoms with E-state index >= 15 is 0 Å². The number of aromatic nitrogens is 1. The molecule has 0 aliphatic heterocycles. The molecule has 0 atom stereocenters. The van der Waals surface area contributed by atoms with Gasteiger partial charge in [-0.05, 0) is 42.8 Å². The van der Waals surface area contributed by atoms with Gasteiger partial charge in [0.2, 0.25) is 0 Å². The number of carbonyl (C=O) groups is 1. The van der Waals surface area contributed by atoms with Crippen molar-refractivity contribution in [3.05, 3.63) is 107 Å². The van der Waals surface area contributed by atoms with Crippen LogP contribution in [0.1, 0.15) is 18.4 Å². The van der Waals surface area contributed by atoms with Crippen molar-refractivity contribution >= 4 is 41.4 Å². The van der Waals surface area contributed by atoms with Gasteiger partial charge in [0.1, 0.15) is 0 Å². The molecule has 1 aliphatic rings. The highest BCUT2D eigenvalue weighted by molar-refractivity contribution is 8.03. The first-order valence-corrected chi connectivity index (χ1v) is 11.4. The van der Waals surface area contributed by atoms with Gasteiger partial charge in [-0.2, -0.15) is 0 Å². The Labute approximate surface area is 193 Å². The van der Waals surface area contributed by atoms with Crippen LogP contribution in [0.4, 0.5) is 5.69 Å². The number of anilines is 1. The highest BCUT2D eigenvalue weighted by Gasteiger charge is 2.12. The minimum atomic E-state index is 0.658. The number of thioether (sulfide) groups is 1. The van der Waals surface area contributed by atoms with Crippen LogP contribution in [0.15, 0.2) is 106 Å². The van der Waals surface area contributed by atoms with Crippen molar-refractivity contribution in [3.8, 4) is 0 Å². The lowest BCUT2D eigenvalue weighted by Gasteiger charge is -2.12. The first-order valence-electron chi connectivity index (χ1n) is 10.5. The van der Waals surface area contributed by atoms with E-state index in [0.29, 0.717) is 4.91 Å². The van der Waals surface area contributed by atoms with E-state index in [-0.39, 0.29) is 0 Å². The fourth-order valence-corrected chi connectivity index (χ4v) is 4.15. The van der Waals surface area contributed by atoms with E-state index in [1.165, 1.54) is 22.7 Å². The molecule has 1 aliphatic carbocycles. The Balaban J connectivity index is 0.000000204. The molecule has 0 amide bonds. The van der Waals surface area contributed by atoms with Gasteiger partial charge in [-0.3, -0.25) is 14.8 Å². The molecule has 0 bridgehead atoms. The Morgan fingerprint density at radius 1 is 1.19 bits per heavy atom. The summed E-state index contributed by atoms with van der Waals surface area (Å²) in [5.41, 5.74) is 5.10. The lowest BCUT2D eigenvalue weighted by molar-refractivity contribution is -0.104. The number of hydrogen-bond donors (Lipinski definition) is 1. The lowest BCUT2D eigenvalue weighted by Crippen LogP contribution is -1.96. The second-order valence-corrected chi connectivity index (χ2v) is 8.11.